The van der Waals surface area contributed by atoms with Crippen LogP contribution in [0.1, 0.15) is 5.56 Å². The number of carbonyl (C=O) groups is 1. The zero-order valence-electron chi connectivity index (χ0n) is 7.28. The van der Waals surface area contributed by atoms with Gasteiger partial charge in [0.15, 0.2) is 0 Å². The molecule has 0 saturated heterocycles. The number of hydrogen-bond donors (Lipinski definition) is 2. The molecule has 2 N–H and O–H groups in total. The third-order valence-electron chi connectivity index (χ3n) is 1.62. The van der Waals surface area contributed by atoms with Crippen LogP contribution in [0.4, 0.5) is 4.79 Å². The average molecular weight is 181 g/mol. The molecule has 1 amide bonds. The van der Waals surface area contributed by atoms with Gasteiger partial charge >= 0.3 is 6.09 Å². The van der Waals surface area contributed by atoms with E-state index in [0.29, 0.717) is 5.75 Å². The second-order valence-electron chi connectivity index (χ2n) is 2.47. The van der Waals surface area contributed by atoms with E-state index >= 15 is 0 Å². The lowest BCUT2D eigenvalue weighted by atomic mass is 10.2. The van der Waals surface area contributed by atoms with E-state index in [2.05, 4.69) is 5.32 Å². The molecule has 0 atom stereocenters. The van der Waals surface area contributed by atoms with E-state index in [1.807, 2.05) is 18.2 Å². The molecule has 0 fully saturated rings. The Labute approximate surface area is 76.1 Å². The van der Waals surface area contributed by atoms with E-state index in [9.17, 15) is 4.79 Å². The highest BCUT2D eigenvalue weighted by Crippen LogP contribution is 2.16. The predicted molar refractivity (Wildman–Crippen MR) is 47.9 cm³/mol. The molecule has 0 unspecified atom stereocenters. The molecule has 0 aliphatic rings. The van der Waals surface area contributed by atoms with Crippen LogP contribution in [0.2, 0.25) is 0 Å². The van der Waals surface area contributed by atoms with Gasteiger partial charge in [-0.15, -0.1) is 0 Å². The first-order valence-electron chi connectivity index (χ1n) is 3.82. The number of benzene rings is 1. The summed E-state index contributed by atoms with van der Waals surface area (Å²) in [5, 5.41) is 10.7. The molecule has 0 bridgehead atoms. The van der Waals surface area contributed by atoms with Gasteiger partial charge in [-0.1, -0.05) is 18.2 Å². The molecular formula is C9H11NO3. The molecule has 0 aromatic heterocycles. The highest BCUT2D eigenvalue weighted by Gasteiger charge is 2.01. The topological polar surface area (TPSA) is 58.6 Å². The van der Waals surface area contributed by atoms with E-state index in [1.165, 1.54) is 0 Å². The molecule has 4 heteroatoms. The first-order valence-corrected chi connectivity index (χ1v) is 3.82. The van der Waals surface area contributed by atoms with Gasteiger partial charge in [0.05, 0.1) is 7.11 Å². The average Bonchev–Trinajstić information content (AvgIpc) is 2.15. The molecule has 1 rings (SSSR count). The number of carboxylic acid groups (broad SMARTS) is 1. The Bertz CT molecular complexity index is 299. The first kappa shape index (κ1) is 9.38. The van der Waals surface area contributed by atoms with Crippen LogP contribution in [0.5, 0.6) is 5.75 Å². The van der Waals surface area contributed by atoms with E-state index in [-0.39, 0.29) is 6.54 Å². The standard InChI is InChI=1S/C9H11NO3/c1-13-8-5-3-2-4-7(8)6-10-9(11)12/h2-5,10H,6H2,1H3,(H,11,12). The fourth-order valence-electron chi connectivity index (χ4n) is 1.02. The lowest BCUT2D eigenvalue weighted by molar-refractivity contribution is 0.194. The Balaban J connectivity index is 2.69. The Morgan fingerprint density at radius 3 is 2.85 bits per heavy atom. The normalized spacial score (nSPS) is 9.31. The molecule has 0 heterocycles. The molecular weight excluding hydrogens is 170 g/mol. The van der Waals surface area contributed by atoms with Crippen molar-refractivity contribution in [3.05, 3.63) is 29.8 Å². The van der Waals surface area contributed by atoms with Crippen LogP contribution in [-0.4, -0.2) is 18.3 Å². The molecule has 0 aliphatic heterocycles. The van der Waals surface area contributed by atoms with Crippen molar-refractivity contribution in [1.29, 1.82) is 0 Å². The van der Waals surface area contributed by atoms with Gasteiger partial charge in [0.1, 0.15) is 5.75 Å². The van der Waals surface area contributed by atoms with Gasteiger partial charge in [-0.25, -0.2) is 4.79 Å². The van der Waals surface area contributed by atoms with Crippen LogP contribution in [0, 0.1) is 0 Å². The van der Waals surface area contributed by atoms with Crippen molar-refractivity contribution in [1.82, 2.24) is 5.32 Å². The zero-order valence-corrected chi connectivity index (χ0v) is 7.28. The zero-order chi connectivity index (χ0) is 9.68. The molecule has 0 saturated carbocycles. The number of methoxy groups -OCH3 is 1. The van der Waals surface area contributed by atoms with Crippen molar-refractivity contribution in [3.63, 3.8) is 0 Å². The van der Waals surface area contributed by atoms with Crippen molar-refractivity contribution in [3.8, 4) is 5.75 Å². The summed E-state index contributed by atoms with van der Waals surface area (Å²) in [6.07, 6.45) is -1.04. The summed E-state index contributed by atoms with van der Waals surface area (Å²) in [5.74, 6) is 0.691. The number of amides is 1. The summed E-state index contributed by atoms with van der Waals surface area (Å²) >= 11 is 0. The van der Waals surface area contributed by atoms with E-state index in [1.54, 1.807) is 13.2 Å². The summed E-state index contributed by atoms with van der Waals surface area (Å²) < 4.78 is 5.04. The number of para-hydroxylation sites is 1. The highest BCUT2D eigenvalue weighted by atomic mass is 16.5. The maximum atomic E-state index is 10.2. The minimum absolute atomic E-state index is 0.263. The lowest BCUT2D eigenvalue weighted by Gasteiger charge is -2.06. The maximum absolute atomic E-state index is 10.2. The summed E-state index contributed by atoms with van der Waals surface area (Å²) in [6, 6.07) is 7.28. The number of hydrogen-bond acceptors (Lipinski definition) is 2. The fourth-order valence-corrected chi connectivity index (χ4v) is 1.02. The largest absolute Gasteiger partial charge is 0.496 e. The van der Waals surface area contributed by atoms with E-state index < -0.39 is 6.09 Å². The predicted octanol–water partition coefficient (Wildman–Crippen LogP) is 1.46. The van der Waals surface area contributed by atoms with Crippen molar-refractivity contribution >= 4 is 6.09 Å². The molecule has 0 spiro atoms. The van der Waals surface area contributed by atoms with Crippen LogP contribution in [0.15, 0.2) is 24.3 Å². The Morgan fingerprint density at radius 2 is 2.23 bits per heavy atom. The number of ether oxygens (including phenoxy) is 1. The van der Waals surface area contributed by atoms with Crippen LogP contribution in [0.3, 0.4) is 0 Å². The van der Waals surface area contributed by atoms with Gasteiger partial charge in [0, 0.05) is 12.1 Å². The first-order chi connectivity index (χ1) is 6.24. The third-order valence-corrected chi connectivity index (χ3v) is 1.62. The van der Waals surface area contributed by atoms with Crippen LogP contribution < -0.4 is 10.1 Å². The Kier molecular flexibility index (Phi) is 3.14. The molecule has 1 aromatic rings. The second kappa shape index (κ2) is 4.35. The quantitative estimate of drug-likeness (QED) is 0.742. The number of rotatable bonds is 3. The lowest BCUT2D eigenvalue weighted by Crippen LogP contribution is -2.20. The van der Waals surface area contributed by atoms with Gasteiger partial charge in [0.25, 0.3) is 0 Å². The van der Waals surface area contributed by atoms with Gasteiger partial charge in [-0.05, 0) is 6.07 Å². The highest BCUT2D eigenvalue weighted by molar-refractivity contribution is 5.64. The summed E-state index contributed by atoms with van der Waals surface area (Å²) in [6.45, 7) is 0.263. The van der Waals surface area contributed by atoms with Gasteiger partial charge < -0.3 is 15.2 Å². The van der Waals surface area contributed by atoms with Crippen molar-refractivity contribution < 1.29 is 14.6 Å². The Morgan fingerprint density at radius 1 is 1.54 bits per heavy atom. The van der Waals surface area contributed by atoms with E-state index in [0.717, 1.165) is 5.56 Å². The molecule has 0 aliphatic carbocycles. The number of nitrogens with one attached hydrogen (secondary N) is 1. The smallest absolute Gasteiger partial charge is 0.404 e. The van der Waals surface area contributed by atoms with Crippen molar-refractivity contribution in [2.75, 3.05) is 7.11 Å². The van der Waals surface area contributed by atoms with E-state index in [4.69, 9.17) is 9.84 Å². The molecule has 4 nitrogen and oxygen atoms in total. The molecule has 0 radical (unpaired) electrons. The van der Waals surface area contributed by atoms with Crippen molar-refractivity contribution in [2.24, 2.45) is 0 Å². The summed E-state index contributed by atoms with van der Waals surface area (Å²) in [7, 11) is 1.56. The van der Waals surface area contributed by atoms with Gasteiger partial charge in [-0.2, -0.15) is 0 Å². The van der Waals surface area contributed by atoms with Gasteiger partial charge in [-0.3, -0.25) is 0 Å². The SMILES string of the molecule is COc1ccccc1CNC(=O)O. The van der Waals surface area contributed by atoms with Gasteiger partial charge in [0.2, 0.25) is 0 Å². The minimum Gasteiger partial charge on any atom is -0.496 e. The third kappa shape index (κ3) is 2.66. The van der Waals surface area contributed by atoms with Crippen LogP contribution in [0.25, 0.3) is 0 Å². The minimum atomic E-state index is -1.04. The monoisotopic (exact) mass is 181 g/mol. The second-order valence-corrected chi connectivity index (χ2v) is 2.47. The summed E-state index contributed by atoms with van der Waals surface area (Å²) in [5.41, 5.74) is 0.826. The van der Waals surface area contributed by atoms with Crippen LogP contribution in [-0.2, 0) is 6.54 Å². The van der Waals surface area contributed by atoms with Crippen LogP contribution >= 0.6 is 0 Å². The maximum Gasteiger partial charge on any atom is 0.404 e. The molecule has 70 valence electrons. The fraction of sp³-hybridized carbons (Fsp3) is 0.222. The molecule has 1 aromatic carbocycles. The summed E-state index contributed by atoms with van der Waals surface area (Å²) in [4.78, 5) is 10.2. The Hall–Kier alpha value is -1.71. The molecule has 13 heavy (non-hydrogen) atoms. The van der Waals surface area contributed by atoms with Crippen molar-refractivity contribution in [2.45, 2.75) is 6.54 Å².